The Bertz CT molecular complexity index is 364. The number of hydrogen-bond donors (Lipinski definition) is 0. The first-order valence-corrected chi connectivity index (χ1v) is 13.4. The van der Waals surface area contributed by atoms with E-state index < -0.39 is 16.4 Å². The van der Waals surface area contributed by atoms with Gasteiger partial charge < -0.3 is 9.22 Å². The number of hydrogen-bond acceptors (Lipinski definition) is 2. The molecular formula is C15H30O2Si2. The largest absolute Gasteiger partial charge is 0.403 e. The average molecular weight is 299 g/mol. The van der Waals surface area contributed by atoms with Gasteiger partial charge in [-0.15, -0.1) is 5.54 Å². The van der Waals surface area contributed by atoms with Crippen LogP contribution in [0.25, 0.3) is 0 Å². The molecular weight excluding hydrogens is 268 g/mol. The zero-order chi connectivity index (χ0) is 15.5. The summed E-state index contributed by atoms with van der Waals surface area (Å²) in [6, 6.07) is 0. The van der Waals surface area contributed by atoms with E-state index in [1.807, 2.05) is 6.92 Å². The summed E-state index contributed by atoms with van der Waals surface area (Å²) in [4.78, 5) is 11.1. The van der Waals surface area contributed by atoms with E-state index in [4.69, 9.17) is 4.43 Å². The Morgan fingerprint density at radius 2 is 1.58 bits per heavy atom. The van der Waals surface area contributed by atoms with Gasteiger partial charge in [0.05, 0.1) is 0 Å². The number of rotatable bonds is 4. The molecule has 2 nitrogen and oxygen atoms in total. The van der Waals surface area contributed by atoms with Crippen molar-refractivity contribution in [1.29, 1.82) is 0 Å². The van der Waals surface area contributed by atoms with Crippen molar-refractivity contribution in [2.75, 3.05) is 0 Å². The van der Waals surface area contributed by atoms with Crippen molar-refractivity contribution in [3.8, 4) is 11.5 Å². The molecule has 0 rings (SSSR count). The smallest absolute Gasteiger partial charge is 0.193 e. The fraction of sp³-hybridized carbons (Fsp3) is 0.800. The Labute approximate surface area is 121 Å². The Kier molecular flexibility index (Phi) is 6.26. The van der Waals surface area contributed by atoms with Gasteiger partial charge in [0.1, 0.15) is 20.5 Å². The maximum atomic E-state index is 11.1. The highest BCUT2D eigenvalue weighted by molar-refractivity contribution is 6.83. The van der Waals surface area contributed by atoms with Gasteiger partial charge in [0, 0.05) is 5.92 Å². The summed E-state index contributed by atoms with van der Waals surface area (Å²) in [6.45, 7) is 19.5. The third kappa shape index (κ3) is 6.55. The van der Waals surface area contributed by atoms with Gasteiger partial charge in [-0.25, -0.2) is 0 Å². The average Bonchev–Trinajstić information content (AvgIpc) is 2.20. The molecule has 0 aliphatic heterocycles. The minimum Gasteiger partial charge on any atom is -0.403 e. The van der Waals surface area contributed by atoms with Crippen molar-refractivity contribution in [3.05, 3.63) is 0 Å². The Hall–Kier alpha value is -0.376. The van der Waals surface area contributed by atoms with Crippen LogP contribution in [0.5, 0.6) is 0 Å². The standard InChI is InChI=1S/C15H30O2Si2/c1-13(12-16)14(10-11-18(5,6)7)17-19(8,9)15(2,3)4/h12-14H,1-9H3/t13-,14+/m1/s1. The molecule has 0 N–H and O–H groups in total. The predicted octanol–water partition coefficient (Wildman–Crippen LogP) is 4.09. The second-order valence-electron chi connectivity index (χ2n) is 7.81. The van der Waals surface area contributed by atoms with Crippen molar-refractivity contribution < 1.29 is 9.22 Å². The maximum Gasteiger partial charge on any atom is 0.193 e. The zero-order valence-corrected chi connectivity index (χ0v) is 16.0. The van der Waals surface area contributed by atoms with Gasteiger partial charge in [-0.1, -0.05) is 53.3 Å². The molecule has 0 unspecified atom stereocenters. The van der Waals surface area contributed by atoms with Gasteiger partial charge in [0.15, 0.2) is 8.32 Å². The van der Waals surface area contributed by atoms with Crippen molar-refractivity contribution >= 4 is 22.7 Å². The third-order valence-corrected chi connectivity index (χ3v) is 8.86. The fourth-order valence-electron chi connectivity index (χ4n) is 1.12. The molecule has 0 spiro atoms. The highest BCUT2D eigenvalue weighted by Gasteiger charge is 2.39. The molecule has 0 aliphatic carbocycles. The maximum absolute atomic E-state index is 11.1. The van der Waals surface area contributed by atoms with Crippen molar-refractivity contribution in [2.24, 2.45) is 5.92 Å². The Morgan fingerprint density at radius 1 is 1.11 bits per heavy atom. The molecule has 2 atom stereocenters. The first-order valence-electron chi connectivity index (χ1n) is 6.96. The van der Waals surface area contributed by atoms with Gasteiger partial charge >= 0.3 is 0 Å². The van der Waals surface area contributed by atoms with E-state index in [-0.39, 0.29) is 17.1 Å². The van der Waals surface area contributed by atoms with Crippen LogP contribution in [-0.4, -0.2) is 28.8 Å². The van der Waals surface area contributed by atoms with Crippen LogP contribution < -0.4 is 0 Å². The minimum atomic E-state index is -1.89. The minimum absolute atomic E-state index is 0.134. The lowest BCUT2D eigenvalue weighted by atomic mass is 10.1. The summed E-state index contributed by atoms with van der Waals surface area (Å²) in [5.74, 6) is 3.06. The zero-order valence-electron chi connectivity index (χ0n) is 14.0. The Morgan fingerprint density at radius 3 is 1.89 bits per heavy atom. The molecule has 4 heteroatoms. The lowest BCUT2D eigenvalue weighted by molar-refractivity contribution is -0.112. The first-order chi connectivity index (χ1) is 8.30. The van der Waals surface area contributed by atoms with Crippen LogP contribution in [-0.2, 0) is 9.22 Å². The number of aldehydes is 1. The van der Waals surface area contributed by atoms with Crippen LogP contribution in [0.4, 0.5) is 0 Å². The van der Waals surface area contributed by atoms with E-state index in [0.717, 1.165) is 6.29 Å². The van der Waals surface area contributed by atoms with Gasteiger partial charge in [-0.05, 0) is 18.1 Å². The van der Waals surface area contributed by atoms with Crippen molar-refractivity contribution in [3.63, 3.8) is 0 Å². The molecule has 0 saturated carbocycles. The molecule has 0 aromatic carbocycles. The molecule has 110 valence electrons. The normalized spacial score (nSPS) is 16.3. The molecule has 0 bridgehead atoms. The molecule has 0 aromatic heterocycles. The van der Waals surface area contributed by atoms with Crippen molar-refractivity contribution in [2.45, 2.75) is 71.6 Å². The van der Waals surface area contributed by atoms with Crippen LogP contribution in [0, 0.1) is 17.4 Å². The quantitative estimate of drug-likeness (QED) is 0.444. The molecule has 0 fully saturated rings. The molecule has 0 amide bonds. The lowest BCUT2D eigenvalue weighted by Crippen LogP contribution is -2.45. The Balaban J connectivity index is 5.19. The summed E-state index contributed by atoms with van der Waals surface area (Å²) in [5.41, 5.74) is 3.34. The fourth-order valence-corrected chi connectivity index (χ4v) is 2.96. The van der Waals surface area contributed by atoms with Crippen molar-refractivity contribution in [1.82, 2.24) is 0 Å². The molecule has 0 aliphatic rings. The topological polar surface area (TPSA) is 26.3 Å². The van der Waals surface area contributed by atoms with Crippen LogP contribution in [0.2, 0.25) is 37.8 Å². The van der Waals surface area contributed by atoms with E-state index in [0.29, 0.717) is 0 Å². The van der Waals surface area contributed by atoms with E-state index in [1.54, 1.807) is 0 Å². The van der Waals surface area contributed by atoms with E-state index in [1.165, 1.54) is 0 Å². The second kappa shape index (κ2) is 6.38. The van der Waals surface area contributed by atoms with Crippen LogP contribution in [0.15, 0.2) is 0 Å². The summed E-state index contributed by atoms with van der Waals surface area (Å²) in [5, 5.41) is 0.134. The van der Waals surface area contributed by atoms with E-state index in [9.17, 15) is 4.79 Å². The summed E-state index contributed by atoms with van der Waals surface area (Å²) in [6.07, 6.45) is 0.696. The SMILES string of the molecule is C[C@H](C=O)[C@H](C#C[Si](C)(C)C)O[Si](C)(C)C(C)(C)C. The monoisotopic (exact) mass is 298 g/mol. The second-order valence-corrected chi connectivity index (χ2v) is 17.3. The van der Waals surface area contributed by atoms with E-state index >= 15 is 0 Å². The molecule has 0 aromatic rings. The summed E-state index contributed by atoms with van der Waals surface area (Å²) < 4.78 is 6.31. The van der Waals surface area contributed by atoms with Crippen LogP contribution >= 0.6 is 0 Å². The number of carbonyl (C=O) groups is 1. The van der Waals surface area contributed by atoms with Crippen LogP contribution in [0.1, 0.15) is 27.7 Å². The highest BCUT2D eigenvalue weighted by Crippen LogP contribution is 2.37. The van der Waals surface area contributed by atoms with Crippen LogP contribution in [0.3, 0.4) is 0 Å². The molecule has 0 heterocycles. The summed E-state index contributed by atoms with van der Waals surface area (Å²) in [7, 11) is -3.33. The molecule has 19 heavy (non-hydrogen) atoms. The van der Waals surface area contributed by atoms with Gasteiger partial charge in [-0.2, -0.15) is 0 Å². The summed E-state index contributed by atoms with van der Waals surface area (Å²) >= 11 is 0. The highest BCUT2D eigenvalue weighted by atomic mass is 28.4. The first kappa shape index (κ1) is 18.6. The predicted molar refractivity (Wildman–Crippen MR) is 88.4 cm³/mol. The van der Waals surface area contributed by atoms with Gasteiger partial charge in [-0.3, -0.25) is 0 Å². The molecule has 0 saturated heterocycles. The number of carbonyl (C=O) groups excluding carboxylic acids is 1. The van der Waals surface area contributed by atoms with Gasteiger partial charge in [0.2, 0.25) is 0 Å². The molecule has 0 radical (unpaired) electrons. The third-order valence-electron chi connectivity index (χ3n) is 3.51. The van der Waals surface area contributed by atoms with Gasteiger partial charge in [0.25, 0.3) is 0 Å². The van der Waals surface area contributed by atoms with E-state index in [2.05, 4.69) is 65.0 Å². The lowest BCUT2D eigenvalue weighted by Gasteiger charge is -2.38.